The molecule has 0 heterocycles. The van der Waals surface area contributed by atoms with Gasteiger partial charge in [-0.2, -0.15) is 11.8 Å². The van der Waals surface area contributed by atoms with E-state index in [0.29, 0.717) is 40.4 Å². The topological polar surface area (TPSA) is 58.4 Å². The van der Waals surface area contributed by atoms with Crippen LogP contribution >= 0.6 is 35.0 Å². The number of nitrogens with zero attached hydrogens (tertiary/aromatic N) is 1. The first-order chi connectivity index (χ1) is 9.85. The predicted octanol–water partition coefficient (Wildman–Crippen LogP) is 3.59. The summed E-state index contributed by atoms with van der Waals surface area (Å²) < 4.78 is 0. The second kappa shape index (κ2) is 8.73. The van der Waals surface area contributed by atoms with Crippen LogP contribution in [0.4, 0.5) is 11.4 Å². The summed E-state index contributed by atoms with van der Waals surface area (Å²) in [7, 11) is 2.01. The molecule has 0 saturated carbocycles. The van der Waals surface area contributed by atoms with Crippen molar-refractivity contribution < 1.29 is 4.79 Å². The Balaban J connectivity index is 2.55. The summed E-state index contributed by atoms with van der Waals surface area (Å²) in [5.41, 5.74) is 6.61. The monoisotopic (exact) mass is 349 g/mol. The number of carbonyl (C=O) groups excluding carboxylic acids is 1. The number of rotatable bonds is 7. The molecule has 0 bridgehead atoms. The lowest BCUT2D eigenvalue weighted by Crippen LogP contribution is -2.33. The highest BCUT2D eigenvalue weighted by Crippen LogP contribution is 2.32. The SMILES string of the molecule is CSCC(C)N(C)CCC(=O)Nc1c(N)cc(Cl)cc1Cl. The highest BCUT2D eigenvalue weighted by atomic mass is 35.5. The van der Waals surface area contributed by atoms with Gasteiger partial charge in [-0.05, 0) is 32.4 Å². The molecule has 0 aromatic heterocycles. The molecule has 0 fully saturated rings. The number of nitrogens with two attached hydrogens (primary N) is 1. The van der Waals surface area contributed by atoms with Crippen molar-refractivity contribution in [3.63, 3.8) is 0 Å². The van der Waals surface area contributed by atoms with E-state index in [-0.39, 0.29) is 5.91 Å². The average Bonchev–Trinajstić information content (AvgIpc) is 2.40. The highest BCUT2D eigenvalue weighted by Gasteiger charge is 2.13. The molecule has 1 unspecified atom stereocenters. The zero-order valence-corrected chi connectivity index (χ0v) is 14.8. The van der Waals surface area contributed by atoms with Gasteiger partial charge in [-0.3, -0.25) is 4.79 Å². The van der Waals surface area contributed by atoms with Crippen molar-refractivity contribution in [2.24, 2.45) is 0 Å². The van der Waals surface area contributed by atoms with E-state index in [2.05, 4.69) is 23.4 Å². The lowest BCUT2D eigenvalue weighted by molar-refractivity contribution is -0.116. The van der Waals surface area contributed by atoms with Crippen LogP contribution in [0.3, 0.4) is 0 Å². The van der Waals surface area contributed by atoms with E-state index in [0.717, 1.165) is 5.75 Å². The Morgan fingerprint density at radius 1 is 1.48 bits per heavy atom. The lowest BCUT2D eigenvalue weighted by Gasteiger charge is -2.23. The van der Waals surface area contributed by atoms with Crippen LogP contribution in [0.2, 0.25) is 10.0 Å². The fourth-order valence-corrected chi connectivity index (χ4v) is 3.09. The molecule has 0 spiro atoms. The minimum absolute atomic E-state index is 0.117. The molecule has 21 heavy (non-hydrogen) atoms. The van der Waals surface area contributed by atoms with Crippen molar-refractivity contribution in [3.8, 4) is 0 Å². The molecule has 0 aliphatic rings. The maximum atomic E-state index is 12.0. The molecule has 0 aliphatic carbocycles. The summed E-state index contributed by atoms with van der Waals surface area (Å²) >= 11 is 13.7. The molecule has 0 aliphatic heterocycles. The van der Waals surface area contributed by atoms with Gasteiger partial charge in [0.2, 0.25) is 5.91 Å². The van der Waals surface area contributed by atoms with E-state index in [1.165, 1.54) is 0 Å². The van der Waals surface area contributed by atoms with Crippen LogP contribution in [0, 0.1) is 0 Å². The fourth-order valence-electron chi connectivity index (χ4n) is 1.79. The normalized spacial score (nSPS) is 12.5. The molecule has 1 atom stereocenters. The van der Waals surface area contributed by atoms with Gasteiger partial charge in [0.25, 0.3) is 0 Å². The third kappa shape index (κ3) is 5.94. The van der Waals surface area contributed by atoms with Crippen LogP contribution in [-0.2, 0) is 4.79 Å². The van der Waals surface area contributed by atoms with E-state index in [4.69, 9.17) is 28.9 Å². The van der Waals surface area contributed by atoms with Crippen LogP contribution in [-0.4, -0.2) is 42.4 Å². The number of anilines is 2. The number of halogens is 2. The van der Waals surface area contributed by atoms with Crippen LogP contribution in [0.1, 0.15) is 13.3 Å². The van der Waals surface area contributed by atoms with Gasteiger partial charge < -0.3 is 16.0 Å². The van der Waals surface area contributed by atoms with Crippen molar-refractivity contribution in [1.82, 2.24) is 4.90 Å². The van der Waals surface area contributed by atoms with Crippen LogP contribution < -0.4 is 11.1 Å². The number of hydrogen-bond acceptors (Lipinski definition) is 4. The summed E-state index contributed by atoms with van der Waals surface area (Å²) in [4.78, 5) is 14.2. The molecule has 1 rings (SSSR count). The second-order valence-electron chi connectivity index (χ2n) is 4.93. The van der Waals surface area contributed by atoms with Crippen molar-refractivity contribution in [2.75, 3.05) is 36.7 Å². The Kier molecular flexibility index (Phi) is 7.66. The van der Waals surface area contributed by atoms with Crippen LogP contribution in [0.5, 0.6) is 0 Å². The zero-order valence-electron chi connectivity index (χ0n) is 12.5. The van der Waals surface area contributed by atoms with Crippen LogP contribution in [0.25, 0.3) is 0 Å². The van der Waals surface area contributed by atoms with Crippen molar-refractivity contribution >= 4 is 52.2 Å². The van der Waals surface area contributed by atoms with Crippen molar-refractivity contribution in [2.45, 2.75) is 19.4 Å². The molecule has 4 nitrogen and oxygen atoms in total. The molecular formula is C14H21Cl2N3OS. The molecule has 1 aromatic rings. The van der Waals surface area contributed by atoms with E-state index < -0.39 is 0 Å². The van der Waals surface area contributed by atoms with Gasteiger partial charge >= 0.3 is 0 Å². The van der Waals surface area contributed by atoms with Gasteiger partial charge in [-0.1, -0.05) is 23.2 Å². The Morgan fingerprint density at radius 3 is 2.71 bits per heavy atom. The maximum Gasteiger partial charge on any atom is 0.225 e. The van der Waals surface area contributed by atoms with E-state index in [1.807, 2.05) is 7.05 Å². The minimum Gasteiger partial charge on any atom is -0.397 e. The maximum absolute atomic E-state index is 12.0. The number of nitrogen functional groups attached to an aromatic ring is 1. The van der Waals surface area contributed by atoms with E-state index in [9.17, 15) is 4.79 Å². The van der Waals surface area contributed by atoms with Gasteiger partial charge in [0.05, 0.1) is 16.4 Å². The molecule has 3 N–H and O–H groups in total. The smallest absolute Gasteiger partial charge is 0.225 e. The second-order valence-corrected chi connectivity index (χ2v) is 6.69. The Hall–Kier alpha value is -0.620. The number of amides is 1. The van der Waals surface area contributed by atoms with Gasteiger partial charge in [-0.25, -0.2) is 0 Å². The Labute approximate surface area is 140 Å². The molecule has 0 radical (unpaired) electrons. The minimum atomic E-state index is -0.117. The van der Waals surface area contributed by atoms with Crippen molar-refractivity contribution in [1.29, 1.82) is 0 Å². The molecule has 0 saturated heterocycles. The molecule has 1 aromatic carbocycles. The van der Waals surface area contributed by atoms with Crippen LogP contribution in [0.15, 0.2) is 12.1 Å². The molecule has 118 valence electrons. The zero-order chi connectivity index (χ0) is 16.0. The van der Waals surface area contributed by atoms with Gasteiger partial charge in [0.1, 0.15) is 0 Å². The largest absolute Gasteiger partial charge is 0.397 e. The van der Waals surface area contributed by atoms with Gasteiger partial charge in [0, 0.05) is 29.8 Å². The summed E-state index contributed by atoms with van der Waals surface area (Å²) in [6.45, 7) is 2.82. The third-order valence-corrected chi connectivity index (χ3v) is 4.53. The number of carbonyl (C=O) groups is 1. The number of hydrogen-bond donors (Lipinski definition) is 2. The van der Waals surface area contributed by atoms with E-state index >= 15 is 0 Å². The standard InChI is InChI=1S/C14H21Cl2N3OS/c1-9(8-21-3)19(2)5-4-13(20)18-14-11(16)6-10(15)7-12(14)17/h6-7,9H,4-5,8,17H2,1-3H3,(H,18,20). The number of benzene rings is 1. The first-order valence-corrected chi connectivity index (χ1v) is 8.73. The molecule has 7 heteroatoms. The molecular weight excluding hydrogens is 329 g/mol. The quantitative estimate of drug-likeness (QED) is 0.738. The van der Waals surface area contributed by atoms with Gasteiger partial charge in [-0.15, -0.1) is 0 Å². The number of nitrogens with one attached hydrogen (secondary N) is 1. The highest BCUT2D eigenvalue weighted by molar-refractivity contribution is 7.98. The lowest BCUT2D eigenvalue weighted by atomic mass is 10.2. The summed E-state index contributed by atoms with van der Waals surface area (Å²) in [5, 5.41) is 3.54. The Bertz CT molecular complexity index is 476. The third-order valence-electron chi connectivity index (χ3n) is 3.20. The average molecular weight is 350 g/mol. The Morgan fingerprint density at radius 2 is 2.14 bits per heavy atom. The molecule has 1 amide bonds. The summed E-state index contributed by atoms with van der Waals surface area (Å²) in [6, 6.07) is 3.55. The number of thioether (sulfide) groups is 1. The first-order valence-electron chi connectivity index (χ1n) is 6.58. The van der Waals surface area contributed by atoms with Crippen molar-refractivity contribution in [3.05, 3.63) is 22.2 Å². The first kappa shape index (κ1) is 18.4. The predicted molar refractivity (Wildman–Crippen MR) is 94.6 cm³/mol. The summed E-state index contributed by atoms with van der Waals surface area (Å²) in [6.07, 6.45) is 2.45. The summed E-state index contributed by atoms with van der Waals surface area (Å²) in [5.74, 6) is 0.919. The van der Waals surface area contributed by atoms with E-state index in [1.54, 1.807) is 23.9 Å². The fraction of sp³-hybridized carbons (Fsp3) is 0.500. The van der Waals surface area contributed by atoms with Gasteiger partial charge in [0.15, 0.2) is 0 Å².